The molecule has 1 saturated heterocycles. The van der Waals surface area contributed by atoms with Crippen LogP contribution in [0.15, 0.2) is 11.5 Å². The van der Waals surface area contributed by atoms with Crippen LogP contribution in [0.2, 0.25) is 0 Å². The average Bonchev–Trinajstić information content (AvgIpc) is 3.22. The molecule has 0 atom stereocenters. The van der Waals surface area contributed by atoms with Gasteiger partial charge in [-0.2, -0.15) is 0 Å². The first kappa shape index (κ1) is 13.0. The molecular formula is C12H23N5O. The summed E-state index contributed by atoms with van der Waals surface area (Å²) in [6.07, 6.45) is 2.58. The molecule has 0 radical (unpaired) electrons. The topological polar surface area (TPSA) is 86.4 Å². The average molecular weight is 253 g/mol. The maximum absolute atomic E-state index is 8.20. The molecule has 2 fully saturated rings. The van der Waals surface area contributed by atoms with Crippen LogP contribution in [0, 0.1) is 11.3 Å². The molecular weight excluding hydrogens is 230 g/mol. The van der Waals surface area contributed by atoms with E-state index in [-0.39, 0.29) is 0 Å². The number of amidine groups is 1. The summed E-state index contributed by atoms with van der Waals surface area (Å²) in [5.74, 6) is 1.78. The Kier molecular flexibility index (Phi) is 4.30. The summed E-state index contributed by atoms with van der Waals surface area (Å²) in [7, 11) is 1.80. The molecule has 1 aliphatic heterocycles. The number of rotatable bonds is 5. The largest absolute Gasteiger partial charge is 0.384 e. The minimum atomic E-state index is 0.446. The van der Waals surface area contributed by atoms with Gasteiger partial charge < -0.3 is 26.0 Å². The molecule has 1 heterocycles. The first-order valence-corrected chi connectivity index (χ1v) is 6.55. The zero-order chi connectivity index (χ0) is 13.0. The zero-order valence-corrected chi connectivity index (χ0v) is 11.0. The number of likely N-dealkylation sites (N-methyl/N-ethyl adjacent to an activating group) is 1. The summed E-state index contributed by atoms with van der Waals surface area (Å²) in [5, 5.41) is 14.4. The second-order valence-corrected chi connectivity index (χ2v) is 4.81. The van der Waals surface area contributed by atoms with Crippen LogP contribution >= 0.6 is 0 Å². The van der Waals surface area contributed by atoms with E-state index >= 15 is 0 Å². The van der Waals surface area contributed by atoms with Crippen molar-refractivity contribution in [1.82, 2.24) is 15.5 Å². The number of nitrogens with zero attached hydrogens (tertiary/aromatic N) is 1. The lowest BCUT2D eigenvalue weighted by atomic mass is 10.3. The van der Waals surface area contributed by atoms with Crippen LogP contribution in [0.25, 0.3) is 0 Å². The summed E-state index contributed by atoms with van der Waals surface area (Å²) in [5.41, 5.74) is 6.70. The van der Waals surface area contributed by atoms with Crippen molar-refractivity contribution in [2.24, 2.45) is 11.7 Å². The maximum atomic E-state index is 8.20. The highest BCUT2D eigenvalue weighted by Crippen LogP contribution is 2.27. The molecule has 5 N–H and O–H groups in total. The van der Waals surface area contributed by atoms with Gasteiger partial charge in [0.1, 0.15) is 17.4 Å². The van der Waals surface area contributed by atoms with E-state index in [1.165, 1.54) is 12.8 Å². The molecule has 0 spiro atoms. The summed E-state index contributed by atoms with van der Waals surface area (Å²) in [6.45, 7) is 3.76. The Morgan fingerprint density at radius 2 is 2.06 bits per heavy atom. The van der Waals surface area contributed by atoms with Crippen LogP contribution in [0.3, 0.4) is 0 Å². The van der Waals surface area contributed by atoms with E-state index < -0.39 is 0 Å². The molecule has 2 aliphatic rings. The molecule has 102 valence electrons. The first-order valence-electron chi connectivity index (χ1n) is 6.55. The monoisotopic (exact) mass is 253 g/mol. The highest BCUT2D eigenvalue weighted by Gasteiger charge is 2.22. The lowest BCUT2D eigenvalue weighted by molar-refractivity contribution is 0.0677. The van der Waals surface area contributed by atoms with Crippen LogP contribution in [0.4, 0.5) is 0 Å². The molecule has 0 unspecified atom stereocenters. The van der Waals surface area contributed by atoms with Crippen molar-refractivity contribution >= 4 is 5.84 Å². The Morgan fingerprint density at radius 3 is 2.61 bits per heavy atom. The third-order valence-corrected chi connectivity index (χ3v) is 3.36. The number of ether oxygens (including phenoxy) is 1. The Hall–Kier alpha value is -1.43. The summed E-state index contributed by atoms with van der Waals surface area (Å²) >= 11 is 0. The van der Waals surface area contributed by atoms with E-state index in [1.807, 2.05) is 4.90 Å². The number of nitrogens with one attached hydrogen (secondary N) is 3. The Balaban J connectivity index is 1.95. The number of hydrogen-bond acceptors (Lipinski definition) is 5. The second kappa shape index (κ2) is 5.95. The van der Waals surface area contributed by atoms with Gasteiger partial charge in [0, 0.05) is 26.7 Å². The molecule has 0 aromatic heterocycles. The number of morpholine rings is 1. The number of hydrogen-bond donors (Lipinski definition) is 4. The fourth-order valence-electron chi connectivity index (χ4n) is 1.99. The maximum Gasteiger partial charge on any atom is 0.148 e. The van der Waals surface area contributed by atoms with Crippen molar-refractivity contribution in [3.63, 3.8) is 0 Å². The molecule has 18 heavy (non-hydrogen) atoms. The third-order valence-electron chi connectivity index (χ3n) is 3.36. The van der Waals surface area contributed by atoms with Gasteiger partial charge in [-0.05, 0) is 18.8 Å². The van der Waals surface area contributed by atoms with Crippen LogP contribution in [-0.4, -0.2) is 50.6 Å². The van der Waals surface area contributed by atoms with Crippen LogP contribution < -0.4 is 16.4 Å². The van der Waals surface area contributed by atoms with E-state index in [2.05, 4.69) is 10.6 Å². The Labute approximate surface area is 108 Å². The van der Waals surface area contributed by atoms with Gasteiger partial charge >= 0.3 is 0 Å². The molecule has 0 aromatic carbocycles. The summed E-state index contributed by atoms with van der Waals surface area (Å²) in [6, 6.07) is 0. The van der Waals surface area contributed by atoms with Crippen molar-refractivity contribution in [2.75, 3.05) is 39.9 Å². The fraction of sp³-hybridized carbons (Fsp3) is 0.750. The quantitative estimate of drug-likeness (QED) is 0.397. The highest BCUT2D eigenvalue weighted by molar-refractivity contribution is 5.95. The van der Waals surface area contributed by atoms with Gasteiger partial charge in [-0.1, -0.05) is 0 Å². The van der Waals surface area contributed by atoms with Crippen LogP contribution in [-0.2, 0) is 4.74 Å². The standard InChI is InChI=1S/C12H23N5O/c1-15-10(11(13)16-8-9-2-3-9)12(14)17-4-6-18-7-5-17/h9,14-16H,2-8,13H2,1H3/b11-10-,14-12?. The van der Waals surface area contributed by atoms with Crippen molar-refractivity contribution in [2.45, 2.75) is 12.8 Å². The normalized spacial score (nSPS) is 21.3. The SMILES string of the molecule is CN/C(C(=N)N1CCOCC1)=C(/N)NCC1CC1. The molecule has 2 rings (SSSR count). The van der Waals surface area contributed by atoms with Crippen LogP contribution in [0.5, 0.6) is 0 Å². The van der Waals surface area contributed by atoms with Crippen molar-refractivity contribution in [3.05, 3.63) is 11.5 Å². The molecule has 0 bridgehead atoms. The lowest BCUT2D eigenvalue weighted by Gasteiger charge is -2.30. The molecule has 6 nitrogen and oxygen atoms in total. The third kappa shape index (κ3) is 3.29. The van der Waals surface area contributed by atoms with E-state index in [1.54, 1.807) is 7.05 Å². The fourth-order valence-corrected chi connectivity index (χ4v) is 1.99. The van der Waals surface area contributed by atoms with E-state index in [4.69, 9.17) is 15.9 Å². The molecule has 1 aliphatic carbocycles. The molecule has 1 saturated carbocycles. The van der Waals surface area contributed by atoms with Gasteiger partial charge in [-0.3, -0.25) is 5.41 Å². The first-order chi connectivity index (χ1) is 8.72. The lowest BCUT2D eigenvalue weighted by Crippen LogP contribution is -2.44. The van der Waals surface area contributed by atoms with Crippen molar-refractivity contribution < 1.29 is 4.74 Å². The Morgan fingerprint density at radius 1 is 1.39 bits per heavy atom. The van der Waals surface area contributed by atoms with Gasteiger partial charge in [0.2, 0.25) is 0 Å². The van der Waals surface area contributed by atoms with E-state index in [0.717, 1.165) is 25.6 Å². The minimum absolute atomic E-state index is 0.446. The van der Waals surface area contributed by atoms with Gasteiger partial charge in [0.05, 0.1) is 13.2 Å². The molecule has 0 aromatic rings. The van der Waals surface area contributed by atoms with Crippen LogP contribution in [0.1, 0.15) is 12.8 Å². The minimum Gasteiger partial charge on any atom is -0.384 e. The van der Waals surface area contributed by atoms with Gasteiger partial charge in [-0.15, -0.1) is 0 Å². The molecule has 0 amide bonds. The van der Waals surface area contributed by atoms with Gasteiger partial charge in [0.15, 0.2) is 0 Å². The predicted octanol–water partition coefficient (Wildman–Crippen LogP) is -0.357. The number of nitrogens with two attached hydrogens (primary N) is 1. The zero-order valence-electron chi connectivity index (χ0n) is 11.0. The van der Waals surface area contributed by atoms with Crippen molar-refractivity contribution in [3.8, 4) is 0 Å². The van der Waals surface area contributed by atoms with E-state index in [0.29, 0.717) is 30.6 Å². The Bertz CT molecular complexity index is 331. The van der Waals surface area contributed by atoms with E-state index in [9.17, 15) is 0 Å². The van der Waals surface area contributed by atoms with Crippen molar-refractivity contribution in [1.29, 1.82) is 5.41 Å². The molecule has 6 heteroatoms. The highest BCUT2D eigenvalue weighted by atomic mass is 16.5. The summed E-state index contributed by atoms with van der Waals surface area (Å²) in [4.78, 5) is 1.99. The second-order valence-electron chi connectivity index (χ2n) is 4.81. The van der Waals surface area contributed by atoms with Gasteiger partial charge in [-0.25, -0.2) is 0 Å². The summed E-state index contributed by atoms with van der Waals surface area (Å²) < 4.78 is 5.29. The smallest absolute Gasteiger partial charge is 0.148 e. The van der Waals surface area contributed by atoms with Gasteiger partial charge in [0.25, 0.3) is 0 Å². The predicted molar refractivity (Wildman–Crippen MR) is 71.1 cm³/mol.